The van der Waals surface area contributed by atoms with Gasteiger partial charge in [-0.25, -0.2) is 9.37 Å². The Hall–Kier alpha value is -2.62. The van der Waals surface area contributed by atoms with Gasteiger partial charge in [0, 0.05) is 44.5 Å². The van der Waals surface area contributed by atoms with Crippen LogP contribution in [0.1, 0.15) is 48.4 Å². The smallest absolute Gasteiger partial charge is 0.431 e. The second kappa shape index (κ2) is 8.06. The molecule has 10 heteroatoms. The van der Waals surface area contributed by atoms with Crippen LogP contribution in [-0.4, -0.2) is 58.0 Å². The Morgan fingerprint density at radius 2 is 1.84 bits per heavy atom. The molecule has 1 saturated heterocycles. The number of amides is 1. The highest BCUT2D eigenvalue weighted by Crippen LogP contribution is 2.45. The Labute approximate surface area is 183 Å². The quantitative estimate of drug-likeness (QED) is 0.660. The Kier molecular flexibility index (Phi) is 5.68. The number of rotatable bonds is 3. The largest absolute Gasteiger partial charge is 0.475 e. The van der Waals surface area contributed by atoms with Gasteiger partial charge in [0.05, 0.1) is 22.9 Å². The summed E-state index contributed by atoms with van der Waals surface area (Å²) in [5, 5.41) is 0. The Morgan fingerprint density at radius 1 is 1.16 bits per heavy atom. The van der Waals surface area contributed by atoms with Crippen molar-refractivity contribution in [1.82, 2.24) is 19.4 Å². The van der Waals surface area contributed by atoms with E-state index >= 15 is 0 Å². The van der Waals surface area contributed by atoms with Crippen LogP contribution >= 0.6 is 0 Å². The molecule has 32 heavy (non-hydrogen) atoms. The summed E-state index contributed by atoms with van der Waals surface area (Å²) in [6, 6.07) is 3.87. The number of hydrogen-bond acceptors (Lipinski definition) is 4. The summed E-state index contributed by atoms with van der Waals surface area (Å²) in [5.41, 5.74) is -1.35. The first-order valence-corrected chi connectivity index (χ1v) is 10.6. The van der Waals surface area contributed by atoms with Gasteiger partial charge in [-0.3, -0.25) is 9.69 Å². The van der Waals surface area contributed by atoms with Crippen LogP contribution in [0.3, 0.4) is 0 Å². The molecule has 0 unspecified atom stereocenters. The molecule has 1 spiro atoms. The highest BCUT2D eigenvalue weighted by Gasteiger charge is 2.49. The number of nitrogens with zero attached hydrogens (tertiary/aromatic N) is 4. The number of alkyl halides is 3. The van der Waals surface area contributed by atoms with Crippen molar-refractivity contribution in [3.05, 3.63) is 47.2 Å². The second-order valence-electron chi connectivity index (χ2n) is 8.67. The number of piperidine rings is 1. The van der Waals surface area contributed by atoms with E-state index in [0.717, 1.165) is 4.57 Å². The molecule has 4 rings (SSSR count). The van der Waals surface area contributed by atoms with Crippen molar-refractivity contribution in [3.63, 3.8) is 0 Å². The van der Waals surface area contributed by atoms with Gasteiger partial charge in [-0.1, -0.05) is 0 Å². The van der Waals surface area contributed by atoms with E-state index in [1.807, 2.05) is 18.7 Å². The first kappa shape index (κ1) is 22.6. The minimum Gasteiger partial charge on any atom is -0.475 e. The van der Waals surface area contributed by atoms with E-state index < -0.39 is 23.2 Å². The predicted molar refractivity (Wildman–Crippen MR) is 109 cm³/mol. The SMILES string of the molecule is CC(C)Oc1ccc(C(=O)N2CCC3(CC2)c2c(F)cc(C(F)(F)F)n2CCN3C)cn1. The van der Waals surface area contributed by atoms with Gasteiger partial charge < -0.3 is 14.2 Å². The van der Waals surface area contributed by atoms with Crippen molar-refractivity contribution in [2.45, 2.75) is 51.1 Å². The number of fused-ring (bicyclic) bond motifs is 2. The number of halogens is 4. The number of hydrogen-bond donors (Lipinski definition) is 0. The zero-order chi connectivity index (χ0) is 23.3. The van der Waals surface area contributed by atoms with Gasteiger partial charge in [0.1, 0.15) is 11.5 Å². The minimum atomic E-state index is -4.62. The molecule has 0 saturated carbocycles. The summed E-state index contributed by atoms with van der Waals surface area (Å²) in [4.78, 5) is 20.7. The molecule has 0 N–H and O–H groups in total. The van der Waals surface area contributed by atoms with E-state index in [-0.39, 0.29) is 24.2 Å². The highest BCUT2D eigenvalue weighted by atomic mass is 19.4. The van der Waals surface area contributed by atoms with Gasteiger partial charge in [-0.05, 0) is 39.8 Å². The maximum absolute atomic E-state index is 14.8. The van der Waals surface area contributed by atoms with Gasteiger partial charge >= 0.3 is 6.18 Å². The van der Waals surface area contributed by atoms with Crippen molar-refractivity contribution in [2.75, 3.05) is 26.7 Å². The lowest BCUT2D eigenvalue weighted by atomic mass is 9.81. The third kappa shape index (κ3) is 3.85. The number of aromatic nitrogens is 2. The van der Waals surface area contributed by atoms with E-state index in [2.05, 4.69) is 4.98 Å². The molecule has 2 aromatic heterocycles. The van der Waals surface area contributed by atoms with Crippen LogP contribution in [0.15, 0.2) is 24.4 Å². The summed E-state index contributed by atoms with van der Waals surface area (Å²) in [6.45, 7) is 4.82. The summed E-state index contributed by atoms with van der Waals surface area (Å²) in [7, 11) is 1.80. The van der Waals surface area contributed by atoms with Crippen LogP contribution in [0.5, 0.6) is 5.88 Å². The first-order valence-electron chi connectivity index (χ1n) is 10.6. The summed E-state index contributed by atoms with van der Waals surface area (Å²) in [6.07, 6.45) is -2.51. The van der Waals surface area contributed by atoms with Gasteiger partial charge in [-0.15, -0.1) is 0 Å². The first-order chi connectivity index (χ1) is 15.0. The molecule has 1 fully saturated rings. The fourth-order valence-electron chi connectivity index (χ4n) is 4.80. The lowest BCUT2D eigenvalue weighted by Gasteiger charge is -2.50. The minimum absolute atomic E-state index is 0.0352. The number of likely N-dealkylation sites (tertiary alicyclic amines) is 1. The zero-order valence-corrected chi connectivity index (χ0v) is 18.2. The lowest BCUT2D eigenvalue weighted by Crippen LogP contribution is -2.57. The molecule has 2 aliphatic rings. The number of carbonyl (C=O) groups excluding carboxylic acids is 1. The van der Waals surface area contributed by atoms with Crippen molar-refractivity contribution >= 4 is 5.91 Å². The molecule has 174 valence electrons. The van der Waals surface area contributed by atoms with Gasteiger partial charge in [-0.2, -0.15) is 13.2 Å². The summed E-state index contributed by atoms with van der Waals surface area (Å²) >= 11 is 0. The molecule has 0 aromatic carbocycles. The second-order valence-corrected chi connectivity index (χ2v) is 8.67. The van der Waals surface area contributed by atoms with Gasteiger partial charge in [0.2, 0.25) is 5.88 Å². The van der Waals surface area contributed by atoms with Crippen molar-refractivity contribution in [3.8, 4) is 5.88 Å². The van der Waals surface area contributed by atoms with Crippen LogP contribution < -0.4 is 4.74 Å². The highest BCUT2D eigenvalue weighted by molar-refractivity contribution is 5.94. The van der Waals surface area contributed by atoms with E-state index in [4.69, 9.17) is 4.74 Å². The fraction of sp³-hybridized carbons (Fsp3) is 0.545. The molecule has 2 aliphatic heterocycles. The molecule has 4 heterocycles. The standard InChI is InChI=1S/C22H26F4N4O2/c1-14(2)32-18-5-4-15(13-27-18)20(31)29-8-6-21(7-9-29)19-16(23)12-17(22(24,25)26)30(19)11-10-28(21)3/h4-5,12-14H,6-11H2,1-3H3. The summed E-state index contributed by atoms with van der Waals surface area (Å²) < 4.78 is 61.7. The van der Waals surface area contributed by atoms with Crippen LogP contribution in [0.25, 0.3) is 0 Å². The van der Waals surface area contributed by atoms with Crippen molar-refractivity contribution in [1.29, 1.82) is 0 Å². The number of pyridine rings is 1. The maximum atomic E-state index is 14.8. The van der Waals surface area contributed by atoms with Gasteiger partial charge in [0.25, 0.3) is 5.91 Å². The van der Waals surface area contributed by atoms with Gasteiger partial charge in [0.15, 0.2) is 0 Å². The average Bonchev–Trinajstić information content (AvgIpc) is 3.09. The van der Waals surface area contributed by atoms with Crippen LogP contribution in [-0.2, 0) is 18.3 Å². The Morgan fingerprint density at radius 3 is 2.41 bits per heavy atom. The molecule has 6 nitrogen and oxygen atoms in total. The molecule has 0 aliphatic carbocycles. The summed E-state index contributed by atoms with van der Waals surface area (Å²) in [5.74, 6) is -0.628. The van der Waals surface area contributed by atoms with E-state index in [0.29, 0.717) is 50.0 Å². The van der Waals surface area contributed by atoms with Crippen LogP contribution in [0, 0.1) is 5.82 Å². The van der Waals surface area contributed by atoms with Crippen LogP contribution in [0.2, 0.25) is 0 Å². The number of carbonyl (C=O) groups is 1. The third-order valence-electron chi connectivity index (χ3n) is 6.39. The van der Waals surface area contributed by atoms with E-state index in [1.165, 1.54) is 6.20 Å². The van der Waals surface area contributed by atoms with Crippen molar-refractivity contribution < 1.29 is 27.1 Å². The zero-order valence-electron chi connectivity index (χ0n) is 18.2. The Balaban J connectivity index is 1.54. The molecule has 0 bridgehead atoms. The topological polar surface area (TPSA) is 50.6 Å². The monoisotopic (exact) mass is 454 g/mol. The maximum Gasteiger partial charge on any atom is 0.431 e. The molecule has 2 aromatic rings. The average molecular weight is 454 g/mol. The van der Waals surface area contributed by atoms with Crippen LogP contribution in [0.4, 0.5) is 17.6 Å². The molecular weight excluding hydrogens is 428 g/mol. The number of ether oxygens (including phenoxy) is 1. The molecule has 0 atom stereocenters. The van der Waals surface area contributed by atoms with Crippen molar-refractivity contribution in [2.24, 2.45) is 0 Å². The lowest BCUT2D eigenvalue weighted by molar-refractivity contribution is -0.144. The predicted octanol–water partition coefficient (Wildman–Crippen LogP) is 3.91. The normalized spacial score (nSPS) is 18.8. The Bertz CT molecular complexity index is 993. The van der Waals surface area contributed by atoms with E-state index in [1.54, 1.807) is 24.1 Å². The number of likely N-dealkylation sites (N-methyl/N-ethyl adjacent to an activating group) is 1. The molecule has 1 amide bonds. The molecule has 0 radical (unpaired) electrons. The fourth-order valence-corrected chi connectivity index (χ4v) is 4.80. The van der Waals surface area contributed by atoms with E-state index in [9.17, 15) is 22.4 Å². The third-order valence-corrected chi connectivity index (χ3v) is 6.39. The molecular formula is C22H26F4N4O2.